The maximum Gasteiger partial charge on any atom is 0.0964 e. The molecular formula is C11H20N4O. The molecule has 1 aliphatic carbocycles. The summed E-state index contributed by atoms with van der Waals surface area (Å²) in [6, 6.07) is 0. The lowest BCUT2D eigenvalue weighted by atomic mass is 10.3. The van der Waals surface area contributed by atoms with Crippen LogP contribution in [0.15, 0.2) is 6.20 Å². The minimum absolute atomic E-state index is 0.732. The van der Waals surface area contributed by atoms with Crippen LogP contribution in [0.2, 0.25) is 0 Å². The van der Waals surface area contributed by atoms with Crippen molar-refractivity contribution in [2.24, 2.45) is 5.92 Å². The highest BCUT2D eigenvalue weighted by Crippen LogP contribution is 2.32. The zero-order valence-electron chi connectivity index (χ0n) is 9.85. The smallest absolute Gasteiger partial charge is 0.0964 e. The van der Waals surface area contributed by atoms with E-state index in [0.717, 1.165) is 37.9 Å². The van der Waals surface area contributed by atoms with E-state index in [0.29, 0.717) is 0 Å². The lowest BCUT2D eigenvalue weighted by Gasteiger charge is -2.00. The molecule has 1 fully saturated rings. The van der Waals surface area contributed by atoms with Crippen LogP contribution in [-0.2, 0) is 17.8 Å². The molecule has 1 heterocycles. The predicted octanol–water partition coefficient (Wildman–Crippen LogP) is 0.814. The summed E-state index contributed by atoms with van der Waals surface area (Å²) in [5.74, 6) is 0.951. The molecule has 90 valence electrons. The van der Waals surface area contributed by atoms with E-state index in [1.54, 1.807) is 7.11 Å². The average molecular weight is 224 g/mol. The number of rotatable bonds is 8. The van der Waals surface area contributed by atoms with E-state index in [1.165, 1.54) is 19.3 Å². The highest BCUT2D eigenvalue weighted by molar-refractivity contribution is 4.91. The first-order chi connectivity index (χ1) is 7.88. The highest BCUT2D eigenvalue weighted by atomic mass is 16.5. The summed E-state index contributed by atoms with van der Waals surface area (Å²) in [6.07, 6.45) is 6.09. The summed E-state index contributed by atoms with van der Waals surface area (Å²) in [7, 11) is 1.70. The molecule has 0 atom stereocenters. The fraction of sp³-hybridized carbons (Fsp3) is 0.818. The number of aromatic nitrogens is 3. The molecule has 0 radical (unpaired) electrons. The zero-order valence-corrected chi connectivity index (χ0v) is 9.85. The van der Waals surface area contributed by atoms with Crippen LogP contribution < -0.4 is 5.32 Å². The number of hydrogen-bond donors (Lipinski definition) is 1. The van der Waals surface area contributed by atoms with E-state index in [-0.39, 0.29) is 0 Å². The Morgan fingerprint density at radius 1 is 1.56 bits per heavy atom. The van der Waals surface area contributed by atoms with Crippen LogP contribution in [0, 0.1) is 5.92 Å². The van der Waals surface area contributed by atoms with Crippen LogP contribution in [0.1, 0.15) is 25.0 Å². The second-order valence-corrected chi connectivity index (χ2v) is 4.37. The Bertz CT molecular complexity index is 309. The van der Waals surface area contributed by atoms with Gasteiger partial charge in [-0.25, -0.2) is 0 Å². The SMILES string of the molecule is COCCNCc1cn(CCC2CC2)nn1. The monoisotopic (exact) mass is 224 g/mol. The van der Waals surface area contributed by atoms with Crippen LogP contribution in [0.25, 0.3) is 0 Å². The first kappa shape index (κ1) is 11.5. The number of nitrogens with one attached hydrogen (secondary N) is 1. The van der Waals surface area contributed by atoms with Crippen LogP contribution >= 0.6 is 0 Å². The zero-order chi connectivity index (χ0) is 11.2. The molecule has 2 rings (SSSR count). The van der Waals surface area contributed by atoms with Crippen molar-refractivity contribution < 1.29 is 4.74 Å². The summed E-state index contributed by atoms with van der Waals surface area (Å²) < 4.78 is 6.90. The van der Waals surface area contributed by atoms with Gasteiger partial charge in [-0.15, -0.1) is 5.10 Å². The molecular weight excluding hydrogens is 204 g/mol. The molecule has 5 nitrogen and oxygen atoms in total. The molecule has 16 heavy (non-hydrogen) atoms. The Kier molecular flexibility index (Phi) is 4.30. The van der Waals surface area contributed by atoms with Gasteiger partial charge in [0.15, 0.2) is 0 Å². The van der Waals surface area contributed by atoms with Gasteiger partial charge in [0.25, 0.3) is 0 Å². The summed E-state index contributed by atoms with van der Waals surface area (Å²) in [4.78, 5) is 0. The Hall–Kier alpha value is -0.940. The number of nitrogens with zero attached hydrogens (tertiary/aromatic N) is 3. The van der Waals surface area contributed by atoms with Crippen molar-refractivity contribution in [1.29, 1.82) is 0 Å². The Morgan fingerprint density at radius 2 is 2.44 bits per heavy atom. The van der Waals surface area contributed by atoms with Crippen molar-refractivity contribution in [3.8, 4) is 0 Å². The van der Waals surface area contributed by atoms with Gasteiger partial charge in [0.2, 0.25) is 0 Å². The summed E-state index contributed by atoms with van der Waals surface area (Å²) in [5.41, 5.74) is 1.01. The molecule has 5 heteroatoms. The number of aryl methyl sites for hydroxylation is 1. The molecule has 0 saturated heterocycles. The minimum atomic E-state index is 0.732. The first-order valence-corrected chi connectivity index (χ1v) is 5.97. The molecule has 0 unspecified atom stereocenters. The van der Waals surface area contributed by atoms with Crippen molar-refractivity contribution in [3.63, 3.8) is 0 Å². The van der Waals surface area contributed by atoms with Gasteiger partial charge < -0.3 is 10.1 Å². The normalized spacial score (nSPS) is 15.6. The van der Waals surface area contributed by atoms with Crippen LogP contribution in [0.5, 0.6) is 0 Å². The van der Waals surface area contributed by atoms with Crippen molar-refractivity contribution in [2.45, 2.75) is 32.4 Å². The van der Waals surface area contributed by atoms with E-state index >= 15 is 0 Å². The number of methoxy groups -OCH3 is 1. The lowest BCUT2D eigenvalue weighted by Crippen LogP contribution is -2.18. The van der Waals surface area contributed by atoms with E-state index < -0.39 is 0 Å². The molecule has 1 saturated carbocycles. The quantitative estimate of drug-likeness (QED) is 0.664. The molecule has 1 N–H and O–H groups in total. The largest absolute Gasteiger partial charge is 0.383 e. The lowest BCUT2D eigenvalue weighted by molar-refractivity contribution is 0.199. The molecule has 0 spiro atoms. The molecule has 0 aliphatic heterocycles. The van der Waals surface area contributed by atoms with Gasteiger partial charge in [0.05, 0.1) is 12.3 Å². The van der Waals surface area contributed by atoms with Gasteiger partial charge in [-0.3, -0.25) is 4.68 Å². The van der Waals surface area contributed by atoms with E-state index in [4.69, 9.17) is 4.74 Å². The molecule has 1 aromatic rings. The van der Waals surface area contributed by atoms with Crippen molar-refractivity contribution in [1.82, 2.24) is 20.3 Å². The second kappa shape index (κ2) is 5.96. The van der Waals surface area contributed by atoms with E-state index in [2.05, 4.69) is 15.6 Å². The van der Waals surface area contributed by atoms with Crippen LogP contribution in [0.4, 0.5) is 0 Å². The third kappa shape index (κ3) is 3.90. The molecule has 0 bridgehead atoms. The standard InChI is InChI=1S/C11H20N4O/c1-16-7-5-12-8-11-9-15(14-13-11)6-4-10-2-3-10/h9-10,12H,2-8H2,1H3. The number of ether oxygens (including phenoxy) is 1. The van der Waals surface area contributed by atoms with Gasteiger partial charge in [-0.05, 0) is 12.3 Å². The summed E-state index contributed by atoms with van der Waals surface area (Å²) >= 11 is 0. The van der Waals surface area contributed by atoms with Crippen molar-refractivity contribution in [3.05, 3.63) is 11.9 Å². The Morgan fingerprint density at radius 3 is 3.19 bits per heavy atom. The van der Waals surface area contributed by atoms with Gasteiger partial charge >= 0.3 is 0 Å². The molecule has 0 amide bonds. The van der Waals surface area contributed by atoms with Gasteiger partial charge in [-0.1, -0.05) is 18.1 Å². The highest BCUT2D eigenvalue weighted by Gasteiger charge is 2.20. The maximum atomic E-state index is 4.95. The van der Waals surface area contributed by atoms with Crippen LogP contribution in [-0.4, -0.2) is 35.3 Å². The minimum Gasteiger partial charge on any atom is -0.383 e. The molecule has 1 aromatic heterocycles. The van der Waals surface area contributed by atoms with Gasteiger partial charge in [0.1, 0.15) is 0 Å². The topological polar surface area (TPSA) is 52.0 Å². The Labute approximate surface area is 96.2 Å². The van der Waals surface area contributed by atoms with Gasteiger partial charge in [0, 0.05) is 32.9 Å². The number of hydrogen-bond acceptors (Lipinski definition) is 4. The third-order valence-electron chi connectivity index (χ3n) is 2.84. The summed E-state index contributed by atoms with van der Waals surface area (Å²) in [5, 5.41) is 11.5. The Balaban J connectivity index is 1.64. The van der Waals surface area contributed by atoms with Crippen molar-refractivity contribution >= 4 is 0 Å². The van der Waals surface area contributed by atoms with Gasteiger partial charge in [-0.2, -0.15) is 0 Å². The van der Waals surface area contributed by atoms with E-state index in [9.17, 15) is 0 Å². The second-order valence-electron chi connectivity index (χ2n) is 4.37. The molecule has 0 aromatic carbocycles. The molecule has 1 aliphatic rings. The third-order valence-corrected chi connectivity index (χ3v) is 2.84. The fourth-order valence-electron chi connectivity index (χ4n) is 1.64. The van der Waals surface area contributed by atoms with Crippen LogP contribution in [0.3, 0.4) is 0 Å². The predicted molar refractivity (Wildman–Crippen MR) is 60.9 cm³/mol. The van der Waals surface area contributed by atoms with Crippen molar-refractivity contribution in [2.75, 3.05) is 20.3 Å². The first-order valence-electron chi connectivity index (χ1n) is 5.97. The fourth-order valence-corrected chi connectivity index (χ4v) is 1.64. The van der Waals surface area contributed by atoms with E-state index in [1.807, 2.05) is 10.9 Å². The average Bonchev–Trinajstić information content (AvgIpc) is 3.02. The summed E-state index contributed by atoms with van der Waals surface area (Å²) in [6.45, 7) is 3.36. The maximum absolute atomic E-state index is 4.95.